The minimum absolute atomic E-state index is 0.0600. The van der Waals surface area contributed by atoms with Gasteiger partial charge in [-0.25, -0.2) is 0 Å². The molecule has 34 atom stereocenters. The fraction of sp³-hybridized carbons (Fsp3) is 1.00. The molecule has 0 aliphatic carbocycles. The number of ether oxygens (including phenoxy) is 7. The second-order valence-electron chi connectivity index (χ2n) is 31.9. The molecule has 34 unspecified atom stereocenters. The fourth-order valence-electron chi connectivity index (χ4n) is 20.5. The van der Waals surface area contributed by atoms with Gasteiger partial charge in [0.15, 0.2) is 0 Å². The van der Waals surface area contributed by atoms with E-state index in [0.29, 0.717) is 38.5 Å². The van der Waals surface area contributed by atoms with E-state index in [-0.39, 0.29) is 150 Å². The zero-order valence-corrected chi connectivity index (χ0v) is 59.9. The summed E-state index contributed by atoms with van der Waals surface area (Å²) in [4.78, 5) is 0. The van der Waals surface area contributed by atoms with E-state index in [2.05, 4.69) is 0 Å². The summed E-state index contributed by atoms with van der Waals surface area (Å²) in [6.45, 7) is 24.7. The molecule has 21 heterocycles. The van der Waals surface area contributed by atoms with E-state index in [9.17, 15) is 69.1 Å². The molecule has 30 nitrogen and oxygen atoms in total. The highest BCUT2D eigenvalue weighted by Gasteiger charge is 2.80. The van der Waals surface area contributed by atoms with E-state index in [1.807, 2.05) is 83.1 Å². The van der Waals surface area contributed by atoms with Gasteiger partial charge in [-0.2, -0.15) is 58.9 Å². The summed E-state index contributed by atoms with van der Waals surface area (Å²) in [5, 5.41) is 15.5. The molecule has 94 heavy (non-hydrogen) atoms. The quantitative estimate of drug-likeness (QED) is 0.351. The zero-order valence-electron chi connectivity index (χ0n) is 54.1. The Labute approximate surface area is 549 Å². The van der Waals surface area contributed by atoms with Crippen LogP contribution in [0.4, 0.5) is 0 Å². The van der Waals surface area contributed by atoms with Crippen LogP contribution in [0.1, 0.15) is 135 Å². The Balaban J connectivity index is 0.0000000906. The second kappa shape index (κ2) is 20.5. The molecule has 0 saturated carbocycles. The van der Waals surface area contributed by atoms with Crippen molar-refractivity contribution in [1.82, 2.24) is 0 Å². The van der Waals surface area contributed by atoms with Gasteiger partial charge in [0, 0.05) is 47.3 Å². The zero-order chi connectivity index (χ0) is 68.4. The van der Waals surface area contributed by atoms with E-state index in [1.165, 1.54) is 0 Å². The third-order valence-electron chi connectivity index (χ3n) is 26.7. The molecule has 21 rings (SSSR count). The molecule has 21 saturated heterocycles. The molecule has 21 aliphatic rings. The average molecular weight is 1480 g/mol. The highest BCUT2D eigenvalue weighted by atomic mass is 32.2. The van der Waals surface area contributed by atoms with Crippen molar-refractivity contribution in [3.8, 4) is 0 Å². The molecule has 2 N–H and O–H groups in total. The molecule has 0 amide bonds. The summed E-state index contributed by atoms with van der Waals surface area (Å²) in [6, 6.07) is 0. The normalized spacial score (nSPS) is 59.9. The van der Waals surface area contributed by atoms with Crippen LogP contribution in [0, 0.1) is 40.9 Å². The molecule has 0 spiro atoms. The molecule has 37 heteroatoms. The topological polar surface area (TPSA) is 409 Å². The smallest absolute Gasteiger partial charge is 0.273 e. The van der Waals surface area contributed by atoms with Gasteiger partial charge in [0.25, 0.3) is 70.8 Å². The molecule has 0 radical (unpaired) electrons. The van der Waals surface area contributed by atoms with Gasteiger partial charge in [0.05, 0.1) is 54.4 Å². The van der Waals surface area contributed by atoms with E-state index in [0.717, 1.165) is 0 Å². The first-order valence-corrected chi connectivity index (χ1v) is 42.8. The standard InChI is InChI=1S/C9H14O6S.C9H14O4S.4C8H12O4S.C7H10O4S/c1-5-7-9(4-11)6(16(12,13)14-7)2-8(5,3-10)15-9;1-5-7-9(3)6(14(10,11)12-7)4-8(5,2)13-9;1-8(2)5-3-4-6(11-5)7(8)12-13(4,9)10;1-4-6-7-5(13(9,10)12-6)3-8(4,2)11-7;1-4-5-3-6-7(11-5)8(4,2)12-13(6,9)10;1-4-5-3-6-8(2,11-5)7(4)12-13(6,9)10;1-3-4-2-5-7(10-4)6(3)11-12(5,8)9/h5-7,10-11H,2-4H2,1H3;5-7H,4H2,1-3H3;4*4-7H,3H2,1-2H3;3-7H,2H2,1H3. The number of hydrogen-bond donors (Lipinski definition) is 2. The first-order valence-electron chi connectivity index (χ1n) is 32.5. The highest BCUT2D eigenvalue weighted by molar-refractivity contribution is 7.89. The maximum absolute atomic E-state index is 11.8. The van der Waals surface area contributed by atoms with Crippen LogP contribution in [0.25, 0.3) is 0 Å². The summed E-state index contributed by atoms with van der Waals surface area (Å²) in [5.41, 5.74) is -4.53. The Kier molecular flexibility index (Phi) is 15.0. The van der Waals surface area contributed by atoms with E-state index in [4.69, 9.17) is 62.4 Å². The Morgan fingerprint density at radius 1 is 0.372 bits per heavy atom. The highest BCUT2D eigenvalue weighted by Crippen LogP contribution is 2.64. The number of hydrogen-bond acceptors (Lipinski definition) is 30. The van der Waals surface area contributed by atoms with Gasteiger partial charge in [0.2, 0.25) is 0 Å². The minimum atomic E-state index is -3.68. The molecular formula is C57H86O30S7. The Bertz CT molecular complexity index is 4020. The van der Waals surface area contributed by atoms with Crippen molar-refractivity contribution in [3.05, 3.63) is 0 Å². The SMILES string of the molecule is CC1(C)C2CC3C(O2)C1OS3(=O)=O.CC1C2CC3C(C)(O2)C1OS3(=O)=O.CC1C2CC3C(O2)C1(C)OS3(=O)=O.CC1C2CC3C(O2)C1OS3(=O)=O.CC1C2OS(=O)(=O)C3CC1(C)OC23.CC1C2OS(=O)(=O)C3CC1(C)OC23C.CC1C2OS(=O)(=O)C3CC1(CO)OC23CO. The van der Waals surface area contributed by atoms with Crippen LogP contribution in [0.5, 0.6) is 0 Å². The van der Waals surface area contributed by atoms with Gasteiger partial charge >= 0.3 is 0 Å². The molecule has 536 valence electrons. The van der Waals surface area contributed by atoms with Crippen LogP contribution in [-0.4, -0.2) is 244 Å². The van der Waals surface area contributed by atoms with Gasteiger partial charge in [-0.1, -0.05) is 55.4 Å². The van der Waals surface area contributed by atoms with Crippen molar-refractivity contribution < 1.29 is 132 Å². The van der Waals surface area contributed by atoms with Crippen molar-refractivity contribution in [3.63, 3.8) is 0 Å². The average Bonchev–Trinajstić information content (AvgIpc) is 1.52. The maximum atomic E-state index is 11.8. The lowest BCUT2D eigenvalue weighted by Crippen LogP contribution is -2.50. The number of fused-ring (bicyclic) bond motifs is 7. The van der Waals surface area contributed by atoms with Crippen molar-refractivity contribution in [2.75, 3.05) is 13.2 Å². The Morgan fingerprint density at radius 3 is 1.49 bits per heavy atom. The van der Waals surface area contributed by atoms with Crippen LogP contribution in [0.15, 0.2) is 0 Å². The second-order valence-corrected chi connectivity index (χ2v) is 44.2. The van der Waals surface area contributed by atoms with Crippen molar-refractivity contribution in [2.45, 2.75) is 296 Å². The summed E-state index contributed by atoms with van der Waals surface area (Å²) in [7, 11) is -23.7. The van der Waals surface area contributed by atoms with Crippen LogP contribution in [-0.2, 0) is 133 Å². The van der Waals surface area contributed by atoms with Gasteiger partial charge in [0.1, 0.15) is 120 Å². The minimum Gasteiger partial charge on any atom is -0.393 e. The van der Waals surface area contributed by atoms with Gasteiger partial charge in [-0.3, -0.25) is 29.3 Å². The van der Waals surface area contributed by atoms with Crippen LogP contribution in [0.3, 0.4) is 0 Å². The van der Waals surface area contributed by atoms with E-state index >= 15 is 0 Å². The third-order valence-corrected chi connectivity index (χ3v) is 38.9. The molecule has 0 aromatic rings. The molecule has 14 bridgehead atoms. The predicted molar refractivity (Wildman–Crippen MR) is 320 cm³/mol. The van der Waals surface area contributed by atoms with Crippen molar-refractivity contribution in [1.29, 1.82) is 0 Å². The summed E-state index contributed by atoms with van der Waals surface area (Å²) < 4.78 is 237. The molecule has 0 aromatic carbocycles. The maximum Gasteiger partial charge on any atom is 0.273 e. The largest absolute Gasteiger partial charge is 0.393 e. The number of rotatable bonds is 2. The summed E-state index contributed by atoms with van der Waals surface area (Å²) in [6.07, 6.45) is 1.48. The summed E-state index contributed by atoms with van der Waals surface area (Å²) in [5.74, 6) is 0.735. The molecule has 0 aromatic heterocycles. The third kappa shape index (κ3) is 9.01. The number of aliphatic hydroxyl groups is 2. The Morgan fingerprint density at radius 2 is 0.957 bits per heavy atom. The van der Waals surface area contributed by atoms with Gasteiger partial charge < -0.3 is 43.4 Å². The fourth-order valence-corrected chi connectivity index (χ4v) is 33.7. The van der Waals surface area contributed by atoms with Crippen LogP contribution >= 0.6 is 0 Å². The van der Waals surface area contributed by atoms with Crippen LogP contribution in [0.2, 0.25) is 0 Å². The first-order chi connectivity index (χ1) is 43.1. The molecule has 21 fully saturated rings. The number of aliphatic hydroxyl groups excluding tert-OH is 2. The lowest BCUT2D eigenvalue weighted by atomic mass is 9.73. The van der Waals surface area contributed by atoms with Crippen LogP contribution < -0.4 is 0 Å². The monoisotopic (exact) mass is 1470 g/mol. The predicted octanol–water partition coefficient (Wildman–Crippen LogP) is 0.301. The van der Waals surface area contributed by atoms with E-state index in [1.54, 1.807) is 6.92 Å². The first kappa shape index (κ1) is 68.8. The van der Waals surface area contributed by atoms with Crippen molar-refractivity contribution in [2.24, 2.45) is 40.9 Å². The lowest BCUT2D eigenvalue weighted by Gasteiger charge is -2.30. The van der Waals surface area contributed by atoms with Gasteiger partial charge in [-0.05, 0) is 73.1 Å². The molecule has 21 aliphatic heterocycles. The van der Waals surface area contributed by atoms with E-state index < -0.39 is 143 Å². The van der Waals surface area contributed by atoms with Gasteiger partial charge in [-0.15, -0.1) is 0 Å². The summed E-state index contributed by atoms with van der Waals surface area (Å²) >= 11 is 0. The molecular weight excluding hydrogens is 1390 g/mol. The van der Waals surface area contributed by atoms with Crippen molar-refractivity contribution >= 4 is 70.8 Å². The Hall–Kier alpha value is -0.990. The lowest BCUT2D eigenvalue weighted by molar-refractivity contribution is -0.104.